The fraction of sp³-hybridized carbons (Fsp3) is 0.529. The Balaban J connectivity index is 0.00000160. The Morgan fingerprint density at radius 3 is 2.43 bits per heavy atom. The molecule has 1 aromatic heterocycles. The Morgan fingerprint density at radius 2 is 1.93 bits per heavy atom. The van der Waals surface area contributed by atoms with E-state index in [9.17, 15) is 29.7 Å². The van der Waals surface area contributed by atoms with Crippen molar-refractivity contribution in [3.63, 3.8) is 0 Å². The summed E-state index contributed by atoms with van der Waals surface area (Å²) in [6.45, 7) is 4.57. The number of amides is 1. The summed E-state index contributed by atoms with van der Waals surface area (Å²) in [5.74, 6) is -3.88. The normalized spacial score (nSPS) is 26.2. The topological polar surface area (TPSA) is 137 Å². The number of carbonyl (C=O) groups excluding carboxylic acids is 3. The molecule has 4 atom stereocenters. The second-order valence-corrected chi connectivity index (χ2v) is 9.38. The van der Waals surface area contributed by atoms with Gasteiger partial charge in [0.15, 0.2) is 5.13 Å². The van der Waals surface area contributed by atoms with Crippen LogP contribution in [0.25, 0.3) is 0 Å². The Bertz CT molecular complexity index is 902. The van der Waals surface area contributed by atoms with Gasteiger partial charge < -0.3 is 34.7 Å². The number of thiazole rings is 1. The average Bonchev–Trinajstić information content (AvgIpc) is 3.13. The fourth-order valence-corrected chi connectivity index (χ4v) is 6.35. The number of anilines is 1. The molecule has 2 saturated heterocycles. The molecule has 2 fully saturated rings. The summed E-state index contributed by atoms with van der Waals surface area (Å²) in [5.41, 5.74) is -0.189. The monoisotopic (exact) mass is 469 g/mol. The Labute approximate surface area is 225 Å². The molecule has 0 unspecified atom stereocenters. The minimum absolute atomic E-state index is 0. The SMILES string of the molecule is C[C@@H](O)[C@H]1C(=O)N2C(C(=O)[O-])=C(SC3CN(c4nc(C(=O)[O-])cs4)C3)[C@H](C)[C@H]12.[Na+].[Na+]. The van der Waals surface area contributed by atoms with Crippen molar-refractivity contribution in [2.24, 2.45) is 11.8 Å². The first-order chi connectivity index (χ1) is 13.2. The zero-order valence-electron chi connectivity index (χ0n) is 17.0. The molecule has 9 nitrogen and oxygen atoms in total. The van der Waals surface area contributed by atoms with E-state index in [1.54, 1.807) is 0 Å². The molecule has 0 saturated carbocycles. The van der Waals surface area contributed by atoms with E-state index in [0.29, 0.717) is 23.1 Å². The van der Waals surface area contributed by atoms with Crippen LogP contribution in [0, 0.1) is 11.8 Å². The molecule has 0 aliphatic carbocycles. The minimum atomic E-state index is -1.39. The molecule has 3 aliphatic rings. The fourth-order valence-electron chi connectivity index (χ4n) is 4.02. The molecule has 4 heterocycles. The number of fused-ring (bicyclic) bond motifs is 1. The molecule has 13 heteroatoms. The third-order valence-corrected chi connectivity index (χ3v) is 7.77. The molecule has 4 rings (SSSR count). The minimum Gasteiger partial charge on any atom is -0.543 e. The van der Waals surface area contributed by atoms with Gasteiger partial charge >= 0.3 is 59.1 Å². The van der Waals surface area contributed by atoms with E-state index in [1.165, 1.54) is 40.3 Å². The first-order valence-corrected chi connectivity index (χ1v) is 10.5. The average molecular weight is 469 g/mol. The van der Waals surface area contributed by atoms with E-state index in [0.717, 1.165) is 0 Å². The van der Waals surface area contributed by atoms with E-state index in [1.807, 2.05) is 11.8 Å². The number of carboxylic acid groups (broad SMARTS) is 2. The quantitative estimate of drug-likeness (QED) is 0.318. The first-order valence-electron chi connectivity index (χ1n) is 8.75. The number of aliphatic hydroxyl groups excluding tert-OH is 1. The van der Waals surface area contributed by atoms with E-state index in [2.05, 4.69) is 4.98 Å². The number of carbonyl (C=O) groups is 3. The third kappa shape index (κ3) is 4.25. The summed E-state index contributed by atoms with van der Waals surface area (Å²) < 4.78 is 0. The van der Waals surface area contributed by atoms with Crippen LogP contribution < -0.4 is 74.2 Å². The van der Waals surface area contributed by atoms with Gasteiger partial charge in [-0.2, -0.15) is 0 Å². The number of thioether (sulfide) groups is 1. The predicted molar refractivity (Wildman–Crippen MR) is 97.0 cm³/mol. The molecule has 0 spiro atoms. The van der Waals surface area contributed by atoms with Gasteiger partial charge in [-0.05, 0) is 6.92 Å². The Kier molecular flexibility index (Phi) is 8.54. The van der Waals surface area contributed by atoms with Crippen molar-refractivity contribution in [3.05, 3.63) is 21.7 Å². The van der Waals surface area contributed by atoms with Crippen molar-refractivity contribution in [1.82, 2.24) is 9.88 Å². The van der Waals surface area contributed by atoms with Gasteiger partial charge in [0, 0.05) is 34.5 Å². The van der Waals surface area contributed by atoms with Crippen molar-refractivity contribution in [3.8, 4) is 0 Å². The maximum Gasteiger partial charge on any atom is 1.00 e. The number of hydrogen-bond donors (Lipinski definition) is 1. The van der Waals surface area contributed by atoms with E-state index in [-0.39, 0.29) is 93.6 Å². The number of hydrogen-bond acceptors (Lipinski definition) is 10. The van der Waals surface area contributed by atoms with Crippen molar-refractivity contribution in [2.45, 2.75) is 31.2 Å². The van der Waals surface area contributed by atoms with Crippen LogP contribution in [-0.2, 0) is 9.59 Å². The number of aliphatic carboxylic acids is 1. The van der Waals surface area contributed by atoms with Gasteiger partial charge in [0.25, 0.3) is 0 Å². The Morgan fingerprint density at radius 1 is 1.30 bits per heavy atom. The number of β-lactam (4-membered cyclic amide) rings is 1. The second-order valence-electron chi connectivity index (χ2n) is 7.20. The van der Waals surface area contributed by atoms with Crippen LogP contribution in [0.4, 0.5) is 5.13 Å². The summed E-state index contributed by atoms with van der Waals surface area (Å²) in [6.07, 6.45) is -0.842. The Hall–Kier alpha value is -0.110. The number of aromatic carboxylic acids is 1. The number of aromatic nitrogens is 1. The molecule has 1 aromatic rings. The molecule has 1 N–H and O–H groups in total. The van der Waals surface area contributed by atoms with Crippen molar-refractivity contribution < 1.29 is 88.8 Å². The maximum absolute atomic E-state index is 12.3. The van der Waals surface area contributed by atoms with E-state index < -0.39 is 24.0 Å². The van der Waals surface area contributed by atoms with Crippen LogP contribution >= 0.6 is 23.1 Å². The molecule has 3 aliphatic heterocycles. The molecular weight excluding hydrogens is 452 g/mol. The van der Waals surface area contributed by atoms with Crippen molar-refractivity contribution in [2.75, 3.05) is 18.0 Å². The number of aliphatic hydroxyl groups is 1. The zero-order valence-corrected chi connectivity index (χ0v) is 22.7. The van der Waals surface area contributed by atoms with Crippen LogP contribution in [0.1, 0.15) is 24.3 Å². The van der Waals surface area contributed by atoms with Gasteiger partial charge in [-0.1, -0.05) is 6.92 Å². The maximum atomic E-state index is 12.3. The van der Waals surface area contributed by atoms with Gasteiger partial charge in [-0.3, -0.25) is 4.79 Å². The zero-order chi connectivity index (χ0) is 20.3. The van der Waals surface area contributed by atoms with Crippen LogP contribution in [0.5, 0.6) is 0 Å². The molecule has 0 aromatic carbocycles. The van der Waals surface area contributed by atoms with Gasteiger partial charge in [-0.15, -0.1) is 23.1 Å². The van der Waals surface area contributed by atoms with Crippen LogP contribution in [0.2, 0.25) is 0 Å². The summed E-state index contributed by atoms with van der Waals surface area (Å²) in [7, 11) is 0. The predicted octanol–water partition coefficient (Wildman–Crippen LogP) is -7.74. The second kappa shape index (κ2) is 9.80. The van der Waals surface area contributed by atoms with Gasteiger partial charge in [0.05, 0.1) is 41.4 Å². The van der Waals surface area contributed by atoms with Gasteiger partial charge in [-0.25, -0.2) is 4.98 Å². The first kappa shape index (κ1) is 26.1. The summed E-state index contributed by atoms with van der Waals surface area (Å²) in [4.78, 5) is 42.6. The standard InChI is InChI=1S/C17H19N3O6S2.2Na/c1-6-11-10(7(2)21)14(22)20(11)12(16(25)26)13(6)28-8-3-19(4-8)17-18-9(5-27-17)15(23)24;;/h5-8,10-11,21H,3-4H2,1-2H3,(H,23,24)(H,25,26);;/q;2*+1/p-2/t6-,7-,10-,11-;;/m1../s1. The molecule has 30 heavy (non-hydrogen) atoms. The molecular formula is C17H17N3Na2O6S2. The molecule has 0 bridgehead atoms. The van der Waals surface area contributed by atoms with E-state index in [4.69, 9.17) is 0 Å². The number of nitrogens with zero attached hydrogens (tertiary/aromatic N) is 3. The third-order valence-electron chi connectivity index (χ3n) is 5.42. The largest absolute Gasteiger partial charge is 1.00 e. The van der Waals surface area contributed by atoms with Crippen LogP contribution in [0.15, 0.2) is 16.0 Å². The summed E-state index contributed by atoms with van der Waals surface area (Å²) in [5, 5.41) is 34.5. The summed E-state index contributed by atoms with van der Waals surface area (Å²) >= 11 is 2.62. The van der Waals surface area contributed by atoms with Gasteiger partial charge in [0.1, 0.15) is 0 Å². The van der Waals surface area contributed by atoms with Crippen LogP contribution in [-0.4, -0.2) is 63.3 Å². The number of carboxylic acids is 2. The van der Waals surface area contributed by atoms with Crippen LogP contribution in [0.3, 0.4) is 0 Å². The summed E-state index contributed by atoms with van der Waals surface area (Å²) in [6, 6.07) is -0.358. The van der Waals surface area contributed by atoms with Crippen molar-refractivity contribution in [1.29, 1.82) is 0 Å². The molecule has 0 radical (unpaired) electrons. The number of rotatable bonds is 6. The van der Waals surface area contributed by atoms with E-state index >= 15 is 0 Å². The van der Waals surface area contributed by atoms with Crippen molar-refractivity contribution >= 4 is 46.1 Å². The van der Waals surface area contributed by atoms with Gasteiger partial charge in [0.2, 0.25) is 5.91 Å². The molecule has 1 amide bonds. The smallest absolute Gasteiger partial charge is 0.543 e. The molecule has 150 valence electrons.